The summed E-state index contributed by atoms with van der Waals surface area (Å²) in [5, 5.41) is 0. The Labute approximate surface area is 237 Å². The van der Waals surface area contributed by atoms with Gasteiger partial charge in [0.15, 0.2) is 0 Å². The number of allylic oxidation sites excluding steroid dienone is 4. The molecule has 0 unspecified atom stereocenters. The van der Waals surface area contributed by atoms with E-state index in [1.807, 2.05) is 0 Å². The molecular formula is C36H38N4. The van der Waals surface area contributed by atoms with Gasteiger partial charge in [-0.2, -0.15) is 0 Å². The van der Waals surface area contributed by atoms with E-state index in [-0.39, 0.29) is 0 Å². The fourth-order valence-electron chi connectivity index (χ4n) is 6.30. The van der Waals surface area contributed by atoms with Crippen molar-refractivity contribution >= 4 is 44.4 Å². The lowest BCUT2D eigenvalue weighted by molar-refractivity contribution is 1.14. The maximum atomic E-state index is 5.31. The van der Waals surface area contributed by atoms with Crippen LogP contribution in [0.3, 0.4) is 0 Å². The molecule has 8 bridgehead atoms. The zero-order valence-electron chi connectivity index (χ0n) is 24.9. The average Bonchev–Trinajstić information content (AvgIpc) is 3.60. The number of aromatic nitrogens is 4. The summed E-state index contributed by atoms with van der Waals surface area (Å²) in [4.78, 5) is 18.1. The summed E-state index contributed by atoms with van der Waals surface area (Å²) in [7, 11) is 0. The minimum atomic E-state index is 0.962. The van der Waals surface area contributed by atoms with Gasteiger partial charge in [-0.05, 0) is 123 Å². The van der Waals surface area contributed by atoms with Gasteiger partial charge in [0.25, 0.3) is 0 Å². The number of nitrogens with one attached hydrogen (secondary N) is 2. The summed E-state index contributed by atoms with van der Waals surface area (Å²) in [6, 6.07) is 17.4. The molecule has 4 heteroatoms. The molecule has 2 N–H and O–H groups in total. The summed E-state index contributed by atoms with van der Waals surface area (Å²) in [5.41, 5.74) is 20.9. The Hall–Kier alpha value is -4.18. The highest BCUT2D eigenvalue weighted by Gasteiger charge is 2.24. The Morgan fingerprint density at radius 2 is 1.00 bits per heavy atom. The lowest BCUT2D eigenvalue weighted by Crippen LogP contribution is -1.92. The van der Waals surface area contributed by atoms with Crippen LogP contribution >= 0.6 is 0 Å². The highest BCUT2D eigenvalue weighted by atomic mass is 14.8. The number of hydrogen-bond acceptors (Lipinski definition) is 2. The molecule has 5 heterocycles. The van der Waals surface area contributed by atoms with E-state index in [4.69, 9.17) is 9.97 Å². The first kappa shape index (κ1) is 26.1. The van der Waals surface area contributed by atoms with Gasteiger partial charge in [0, 0.05) is 27.6 Å². The standard InChI is InChI=1S/C36H38N4/c1-9-26-23(7)30-16-28-19(3)21(5)35(39-28)34(25-14-12-11-13-15-25)36-22(6)20(4)29(40-36)17-31-24(8)27(10-2)33(38-31)18-32(26)37-30/h11-18,37-38H,9-10H2,1-8H3. The molecule has 2 aliphatic rings. The van der Waals surface area contributed by atoms with Crippen LogP contribution in [0.1, 0.15) is 86.6 Å². The van der Waals surface area contributed by atoms with Crippen molar-refractivity contribution in [2.75, 3.05) is 0 Å². The summed E-state index contributed by atoms with van der Waals surface area (Å²) in [6.45, 7) is 17.7. The fraction of sp³-hybridized carbons (Fsp3) is 0.278. The van der Waals surface area contributed by atoms with E-state index in [9.17, 15) is 0 Å². The number of aromatic amines is 2. The van der Waals surface area contributed by atoms with Crippen LogP contribution in [-0.4, -0.2) is 19.9 Å². The third kappa shape index (κ3) is 3.97. The molecule has 202 valence electrons. The normalized spacial score (nSPS) is 13.5. The van der Waals surface area contributed by atoms with Gasteiger partial charge in [0.05, 0.1) is 22.8 Å². The Morgan fingerprint density at radius 1 is 0.550 bits per heavy atom. The van der Waals surface area contributed by atoms with Crippen LogP contribution in [0.25, 0.3) is 55.5 Å². The Bertz CT molecular complexity index is 1790. The molecule has 0 amide bonds. The largest absolute Gasteiger partial charge is 0.355 e. The molecule has 4 nitrogen and oxygen atoms in total. The SMILES string of the molecule is CCc1c(C)c2cc3nc(c(-c4ccccc4)c4nc(cc5[nH]c(cc1[nH]2)c(CC)c5C)C(C)=C4C)C(C)=C3C. The summed E-state index contributed by atoms with van der Waals surface area (Å²) >= 11 is 0. The fourth-order valence-corrected chi connectivity index (χ4v) is 6.30. The minimum Gasteiger partial charge on any atom is -0.355 e. The van der Waals surface area contributed by atoms with Crippen LogP contribution in [-0.2, 0) is 12.8 Å². The van der Waals surface area contributed by atoms with Crippen LogP contribution in [0.2, 0.25) is 0 Å². The first-order chi connectivity index (χ1) is 19.2. The van der Waals surface area contributed by atoms with E-state index < -0.39 is 0 Å². The Kier molecular flexibility index (Phi) is 6.37. The molecule has 6 rings (SSSR count). The van der Waals surface area contributed by atoms with E-state index in [0.717, 1.165) is 57.8 Å². The van der Waals surface area contributed by atoms with E-state index in [0.29, 0.717) is 0 Å². The Morgan fingerprint density at radius 3 is 1.43 bits per heavy atom. The molecule has 4 aromatic rings. The second-order valence-corrected chi connectivity index (χ2v) is 11.2. The lowest BCUT2D eigenvalue weighted by Gasteiger charge is -2.09. The second kappa shape index (κ2) is 9.78. The second-order valence-electron chi connectivity index (χ2n) is 11.2. The maximum Gasteiger partial charge on any atom is 0.0769 e. The summed E-state index contributed by atoms with van der Waals surface area (Å²) in [6.07, 6.45) is 1.92. The molecule has 1 aromatic carbocycles. The van der Waals surface area contributed by atoms with Gasteiger partial charge < -0.3 is 9.97 Å². The van der Waals surface area contributed by atoms with Crippen LogP contribution < -0.4 is 0 Å². The van der Waals surface area contributed by atoms with Gasteiger partial charge in [-0.3, -0.25) is 0 Å². The van der Waals surface area contributed by atoms with Crippen LogP contribution in [0, 0.1) is 13.8 Å². The van der Waals surface area contributed by atoms with Crippen molar-refractivity contribution in [2.45, 2.75) is 68.2 Å². The third-order valence-corrected chi connectivity index (χ3v) is 9.06. The topological polar surface area (TPSA) is 57.4 Å². The van der Waals surface area contributed by atoms with Gasteiger partial charge in [-0.15, -0.1) is 0 Å². The van der Waals surface area contributed by atoms with E-state index in [1.54, 1.807) is 0 Å². The number of nitrogens with zero attached hydrogens (tertiary/aromatic N) is 2. The smallest absolute Gasteiger partial charge is 0.0769 e. The van der Waals surface area contributed by atoms with E-state index in [1.165, 1.54) is 55.6 Å². The molecule has 0 fully saturated rings. The van der Waals surface area contributed by atoms with Crippen molar-refractivity contribution in [1.29, 1.82) is 0 Å². The van der Waals surface area contributed by atoms with Gasteiger partial charge in [-0.25, -0.2) is 9.97 Å². The quantitative estimate of drug-likeness (QED) is 0.279. The summed E-state index contributed by atoms with van der Waals surface area (Å²) < 4.78 is 0. The van der Waals surface area contributed by atoms with Gasteiger partial charge in [-0.1, -0.05) is 44.2 Å². The van der Waals surface area contributed by atoms with Crippen molar-refractivity contribution in [3.05, 3.63) is 93.6 Å². The molecule has 0 spiro atoms. The highest BCUT2D eigenvalue weighted by Crippen LogP contribution is 2.41. The molecule has 2 aliphatic heterocycles. The van der Waals surface area contributed by atoms with E-state index in [2.05, 4.69) is 114 Å². The molecular weight excluding hydrogens is 488 g/mol. The number of fused-ring (bicyclic) bond motifs is 8. The molecule has 0 aliphatic carbocycles. The predicted octanol–water partition coefficient (Wildman–Crippen LogP) is 9.62. The third-order valence-electron chi connectivity index (χ3n) is 9.06. The molecule has 40 heavy (non-hydrogen) atoms. The van der Waals surface area contributed by atoms with Crippen molar-refractivity contribution in [1.82, 2.24) is 19.9 Å². The first-order valence-electron chi connectivity index (χ1n) is 14.4. The molecule has 0 atom stereocenters. The maximum absolute atomic E-state index is 5.31. The Balaban J connectivity index is 1.87. The zero-order chi connectivity index (χ0) is 28.3. The highest BCUT2D eigenvalue weighted by molar-refractivity contribution is 6.01. The first-order valence-corrected chi connectivity index (χ1v) is 14.4. The zero-order valence-corrected chi connectivity index (χ0v) is 24.9. The van der Waals surface area contributed by atoms with Crippen LogP contribution in [0.5, 0.6) is 0 Å². The molecule has 0 radical (unpaired) electrons. The lowest BCUT2D eigenvalue weighted by atomic mass is 9.95. The number of benzene rings is 1. The number of rotatable bonds is 3. The van der Waals surface area contributed by atoms with Crippen molar-refractivity contribution in [2.24, 2.45) is 0 Å². The monoisotopic (exact) mass is 526 g/mol. The van der Waals surface area contributed by atoms with E-state index >= 15 is 0 Å². The average molecular weight is 527 g/mol. The van der Waals surface area contributed by atoms with Crippen LogP contribution in [0.15, 0.2) is 48.5 Å². The number of hydrogen-bond donors (Lipinski definition) is 2. The molecule has 3 aromatic heterocycles. The van der Waals surface area contributed by atoms with Crippen molar-refractivity contribution in [3.63, 3.8) is 0 Å². The molecule has 0 saturated heterocycles. The number of H-pyrrole nitrogens is 2. The van der Waals surface area contributed by atoms with Gasteiger partial charge in [0.1, 0.15) is 0 Å². The van der Waals surface area contributed by atoms with Crippen molar-refractivity contribution in [3.8, 4) is 11.1 Å². The number of aryl methyl sites for hydroxylation is 4. The molecule has 0 saturated carbocycles. The van der Waals surface area contributed by atoms with Crippen LogP contribution in [0.4, 0.5) is 0 Å². The van der Waals surface area contributed by atoms with Gasteiger partial charge >= 0.3 is 0 Å². The summed E-state index contributed by atoms with van der Waals surface area (Å²) in [5.74, 6) is 0. The van der Waals surface area contributed by atoms with Gasteiger partial charge in [0.2, 0.25) is 0 Å². The predicted molar refractivity (Wildman–Crippen MR) is 171 cm³/mol. The minimum absolute atomic E-state index is 0.962. The van der Waals surface area contributed by atoms with Crippen molar-refractivity contribution < 1.29 is 0 Å².